The maximum Gasteiger partial charge on any atom is 0.230 e. The van der Waals surface area contributed by atoms with Gasteiger partial charge in [-0.3, -0.25) is 9.36 Å². The number of aromatic nitrogens is 3. The minimum Gasteiger partial charge on any atom is -0.480 e. The van der Waals surface area contributed by atoms with Crippen molar-refractivity contribution in [2.45, 2.75) is 49.9 Å². The Morgan fingerprint density at radius 2 is 1.87 bits per heavy atom. The zero-order valence-corrected chi connectivity index (χ0v) is 18.1. The van der Waals surface area contributed by atoms with E-state index in [0.29, 0.717) is 11.0 Å². The van der Waals surface area contributed by atoms with Crippen molar-refractivity contribution in [2.24, 2.45) is 0 Å². The predicted octanol–water partition coefficient (Wildman–Crippen LogP) is 4.70. The fourth-order valence-electron chi connectivity index (χ4n) is 3.71. The van der Waals surface area contributed by atoms with Gasteiger partial charge in [0.05, 0.1) is 5.75 Å². The van der Waals surface area contributed by atoms with E-state index in [4.69, 9.17) is 4.74 Å². The highest BCUT2D eigenvalue weighted by molar-refractivity contribution is 7.99. The van der Waals surface area contributed by atoms with Crippen LogP contribution in [-0.4, -0.2) is 32.5 Å². The van der Waals surface area contributed by atoms with Crippen LogP contribution in [0.2, 0.25) is 0 Å². The van der Waals surface area contributed by atoms with Gasteiger partial charge in [-0.2, -0.15) is 0 Å². The van der Waals surface area contributed by atoms with Crippen LogP contribution in [0.4, 0.5) is 4.39 Å². The lowest BCUT2D eigenvalue weighted by Crippen LogP contribution is -2.33. The minimum atomic E-state index is -0.550. The van der Waals surface area contributed by atoms with E-state index in [-0.39, 0.29) is 23.5 Å². The van der Waals surface area contributed by atoms with Crippen LogP contribution in [0.25, 0.3) is 5.69 Å². The van der Waals surface area contributed by atoms with Gasteiger partial charge in [0, 0.05) is 11.7 Å². The molecule has 1 aliphatic carbocycles. The van der Waals surface area contributed by atoms with E-state index in [0.717, 1.165) is 18.5 Å². The van der Waals surface area contributed by atoms with Crippen molar-refractivity contribution in [1.29, 1.82) is 0 Å². The number of para-hydroxylation sites is 2. The normalized spacial score (nSPS) is 15.0. The summed E-state index contributed by atoms with van der Waals surface area (Å²) in [7, 11) is 0. The monoisotopic (exact) mass is 440 g/mol. The van der Waals surface area contributed by atoms with E-state index in [1.54, 1.807) is 25.1 Å². The molecule has 2 aromatic carbocycles. The van der Waals surface area contributed by atoms with Gasteiger partial charge in [0.1, 0.15) is 0 Å². The lowest BCUT2D eigenvalue weighted by atomic mass is 10.2. The van der Waals surface area contributed by atoms with Crippen LogP contribution in [0.5, 0.6) is 5.75 Å². The second kappa shape index (κ2) is 9.96. The van der Waals surface area contributed by atoms with Gasteiger partial charge in [0.25, 0.3) is 0 Å². The fraction of sp³-hybridized carbons (Fsp3) is 0.348. The molecule has 1 unspecified atom stereocenters. The van der Waals surface area contributed by atoms with Crippen LogP contribution in [0.3, 0.4) is 0 Å². The van der Waals surface area contributed by atoms with Gasteiger partial charge >= 0.3 is 0 Å². The third-order valence-corrected chi connectivity index (χ3v) is 6.16. The number of carbonyl (C=O) groups is 1. The van der Waals surface area contributed by atoms with E-state index in [1.165, 1.54) is 30.7 Å². The van der Waals surface area contributed by atoms with Crippen molar-refractivity contribution in [3.8, 4) is 11.4 Å². The average Bonchev–Trinajstić information content (AvgIpc) is 3.44. The van der Waals surface area contributed by atoms with Crippen molar-refractivity contribution < 1.29 is 13.9 Å². The first-order valence-corrected chi connectivity index (χ1v) is 11.4. The zero-order valence-electron chi connectivity index (χ0n) is 17.3. The molecular formula is C23H25FN4O2S. The topological polar surface area (TPSA) is 69.0 Å². The Hall–Kier alpha value is -2.87. The Kier molecular flexibility index (Phi) is 6.86. The van der Waals surface area contributed by atoms with Crippen molar-refractivity contribution in [2.75, 3.05) is 5.75 Å². The van der Waals surface area contributed by atoms with Gasteiger partial charge in [0.15, 0.2) is 28.7 Å². The maximum absolute atomic E-state index is 14.1. The lowest BCUT2D eigenvalue weighted by Gasteiger charge is -2.17. The number of rotatable bonds is 8. The molecule has 31 heavy (non-hydrogen) atoms. The number of hydrogen-bond acceptors (Lipinski definition) is 5. The zero-order chi connectivity index (χ0) is 21.6. The molecule has 1 aromatic heterocycles. The summed E-state index contributed by atoms with van der Waals surface area (Å²) in [5.41, 5.74) is 0.852. The van der Waals surface area contributed by atoms with Gasteiger partial charge in [-0.1, -0.05) is 54.9 Å². The maximum atomic E-state index is 14.1. The molecule has 1 N–H and O–H groups in total. The summed E-state index contributed by atoms with van der Waals surface area (Å²) < 4.78 is 21.7. The Bertz CT molecular complexity index is 1020. The Morgan fingerprint density at radius 3 is 2.61 bits per heavy atom. The van der Waals surface area contributed by atoms with E-state index in [9.17, 15) is 9.18 Å². The fourth-order valence-corrected chi connectivity index (χ4v) is 4.48. The molecule has 1 atom stereocenters. The van der Waals surface area contributed by atoms with Gasteiger partial charge in [-0.15, -0.1) is 10.2 Å². The number of nitrogens with zero attached hydrogens (tertiary/aromatic N) is 3. The molecule has 0 radical (unpaired) electrons. The summed E-state index contributed by atoms with van der Waals surface area (Å²) in [6.45, 7) is 1.80. The molecule has 1 aliphatic rings. The van der Waals surface area contributed by atoms with Crippen LogP contribution >= 0.6 is 11.8 Å². The Balaban J connectivity index is 1.54. The third-order valence-electron chi connectivity index (χ3n) is 5.23. The van der Waals surface area contributed by atoms with Crippen LogP contribution < -0.4 is 10.1 Å². The summed E-state index contributed by atoms with van der Waals surface area (Å²) in [6, 6.07) is 16.2. The SMILES string of the molecule is CC(Oc1ccccc1F)c1nnc(SCC(=O)NC2CCCC2)n1-c1ccccc1. The number of ether oxygens (including phenoxy) is 1. The molecule has 0 aliphatic heterocycles. The van der Waals surface area contributed by atoms with Crippen molar-refractivity contribution >= 4 is 17.7 Å². The molecule has 0 saturated heterocycles. The molecule has 1 fully saturated rings. The molecular weight excluding hydrogens is 415 g/mol. The Morgan fingerprint density at radius 1 is 1.16 bits per heavy atom. The Labute approximate surface area is 185 Å². The molecule has 1 saturated carbocycles. The molecule has 0 spiro atoms. The molecule has 8 heteroatoms. The number of thioether (sulfide) groups is 1. The smallest absolute Gasteiger partial charge is 0.230 e. The quantitative estimate of drug-likeness (QED) is 0.515. The average molecular weight is 441 g/mol. The second-order valence-corrected chi connectivity index (χ2v) is 8.48. The summed E-state index contributed by atoms with van der Waals surface area (Å²) in [4.78, 5) is 12.4. The first kappa shape index (κ1) is 21.4. The third kappa shape index (κ3) is 5.25. The van der Waals surface area contributed by atoms with Crippen LogP contribution in [0.1, 0.15) is 44.5 Å². The minimum absolute atomic E-state index is 0.00304. The van der Waals surface area contributed by atoms with Crippen LogP contribution in [0.15, 0.2) is 59.8 Å². The van der Waals surface area contributed by atoms with Gasteiger partial charge in [-0.25, -0.2) is 4.39 Å². The lowest BCUT2D eigenvalue weighted by molar-refractivity contribution is -0.119. The van der Waals surface area contributed by atoms with Crippen LogP contribution in [0, 0.1) is 5.82 Å². The number of halogens is 1. The highest BCUT2D eigenvalue weighted by Gasteiger charge is 2.23. The van der Waals surface area contributed by atoms with Gasteiger partial charge in [-0.05, 0) is 44.0 Å². The van der Waals surface area contributed by atoms with Crippen molar-refractivity contribution in [3.05, 3.63) is 66.2 Å². The largest absolute Gasteiger partial charge is 0.480 e. The molecule has 3 aromatic rings. The molecule has 1 amide bonds. The summed E-state index contributed by atoms with van der Waals surface area (Å²) in [5.74, 6) is 0.509. The number of carbonyl (C=O) groups excluding carboxylic acids is 1. The summed E-state index contributed by atoms with van der Waals surface area (Å²) in [5, 5.41) is 12.3. The van der Waals surface area contributed by atoms with Crippen LogP contribution in [-0.2, 0) is 4.79 Å². The number of nitrogens with one attached hydrogen (secondary N) is 1. The van der Waals surface area contributed by atoms with Gasteiger partial charge in [0.2, 0.25) is 5.91 Å². The summed E-state index contributed by atoms with van der Waals surface area (Å²) >= 11 is 1.33. The van der Waals surface area contributed by atoms with Crippen molar-refractivity contribution in [1.82, 2.24) is 20.1 Å². The predicted molar refractivity (Wildman–Crippen MR) is 118 cm³/mol. The van der Waals surface area contributed by atoms with Gasteiger partial charge < -0.3 is 10.1 Å². The molecule has 0 bridgehead atoms. The van der Waals surface area contributed by atoms with E-state index < -0.39 is 11.9 Å². The molecule has 4 rings (SSSR count). The number of hydrogen-bond donors (Lipinski definition) is 1. The molecule has 6 nitrogen and oxygen atoms in total. The first-order valence-electron chi connectivity index (χ1n) is 10.5. The summed E-state index contributed by atoms with van der Waals surface area (Å²) in [6.07, 6.45) is 3.89. The van der Waals surface area contributed by atoms with E-state index >= 15 is 0 Å². The first-order chi connectivity index (χ1) is 15.1. The molecule has 1 heterocycles. The standard InChI is InChI=1S/C23H25FN4O2S/c1-16(30-20-14-8-7-13-19(20)24)22-26-27-23(28(22)18-11-3-2-4-12-18)31-15-21(29)25-17-9-5-6-10-17/h2-4,7-8,11-14,16-17H,5-6,9-10,15H2,1H3,(H,25,29). The second-order valence-electron chi connectivity index (χ2n) is 7.54. The van der Waals surface area contributed by atoms with Crippen molar-refractivity contribution in [3.63, 3.8) is 0 Å². The van der Waals surface area contributed by atoms with E-state index in [1.807, 2.05) is 34.9 Å². The molecule has 162 valence electrons. The highest BCUT2D eigenvalue weighted by Crippen LogP contribution is 2.29. The highest BCUT2D eigenvalue weighted by atomic mass is 32.2. The number of amides is 1. The van der Waals surface area contributed by atoms with E-state index in [2.05, 4.69) is 15.5 Å². The number of benzene rings is 2.